The number of nitrogens with one attached hydrogen (secondary N) is 1. The van der Waals surface area contributed by atoms with Crippen LogP contribution in [0.4, 0.5) is 0 Å². The first-order chi connectivity index (χ1) is 10.6. The van der Waals surface area contributed by atoms with Crippen LogP contribution >= 0.6 is 0 Å². The van der Waals surface area contributed by atoms with Crippen molar-refractivity contribution in [3.63, 3.8) is 0 Å². The minimum atomic E-state index is -0.362. The summed E-state index contributed by atoms with van der Waals surface area (Å²) in [5.74, 6) is -0.362. The SMILES string of the molecule is Cc1ccc(/C=C(\C#N)C(=O)N[C@@H](C)c2ccccc2)cc1. The second-order valence-corrected chi connectivity index (χ2v) is 5.19. The number of rotatable bonds is 4. The topological polar surface area (TPSA) is 52.9 Å². The van der Waals surface area contributed by atoms with E-state index in [9.17, 15) is 10.1 Å². The molecule has 0 fully saturated rings. The van der Waals surface area contributed by atoms with E-state index in [0.717, 1.165) is 16.7 Å². The number of benzene rings is 2. The van der Waals surface area contributed by atoms with Gasteiger partial charge in [-0.3, -0.25) is 4.79 Å². The maximum Gasteiger partial charge on any atom is 0.262 e. The predicted molar refractivity (Wildman–Crippen MR) is 87.8 cm³/mol. The van der Waals surface area contributed by atoms with E-state index in [2.05, 4.69) is 5.32 Å². The van der Waals surface area contributed by atoms with Crippen molar-refractivity contribution in [1.29, 1.82) is 5.26 Å². The second-order valence-electron chi connectivity index (χ2n) is 5.19. The smallest absolute Gasteiger partial charge is 0.262 e. The summed E-state index contributed by atoms with van der Waals surface area (Å²) < 4.78 is 0. The molecule has 0 saturated heterocycles. The van der Waals surface area contributed by atoms with Crippen LogP contribution in [0.25, 0.3) is 6.08 Å². The maximum absolute atomic E-state index is 12.2. The monoisotopic (exact) mass is 290 g/mol. The molecule has 2 aromatic rings. The predicted octanol–water partition coefficient (Wildman–Crippen LogP) is 3.78. The largest absolute Gasteiger partial charge is 0.345 e. The summed E-state index contributed by atoms with van der Waals surface area (Å²) in [6, 6.07) is 19.2. The first-order valence-electron chi connectivity index (χ1n) is 7.14. The van der Waals surface area contributed by atoms with Gasteiger partial charge in [0, 0.05) is 0 Å². The lowest BCUT2D eigenvalue weighted by Crippen LogP contribution is -2.27. The zero-order valence-corrected chi connectivity index (χ0v) is 12.7. The lowest BCUT2D eigenvalue weighted by atomic mass is 10.1. The minimum Gasteiger partial charge on any atom is -0.345 e. The Balaban J connectivity index is 2.12. The molecule has 3 heteroatoms. The third-order valence-corrected chi connectivity index (χ3v) is 3.40. The summed E-state index contributed by atoms with van der Waals surface area (Å²) in [7, 11) is 0. The minimum absolute atomic E-state index is 0.103. The molecule has 0 aliphatic heterocycles. The van der Waals surface area contributed by atoms with Gasteiger partial charge in [0.1, 0.15) is 11.6 Å². The Morgan fingerprint density at radius 1 is 1.14 bits per heavy atom. The molecule has 0 aliphatic carbocycles. The van der Waals surface area contributed by atoms with E-state index in [1.807, 2.05) is 74.5 Å². The molecule has 110 valence electrons. The van der Waals surface area contributed by atoms with Gasteiger partial charge in [-0.2, -0.15) is 5.26 Å². The van der Waals surface area contributed by atoms with Gasteiger partial charge < -0.3 is 5.32 Å². The molecule has 0 heterocycles. The Hall–Kier alpha value is -2.86. The highest BCUT2D eigenvalue weighted by atomic mass is 16.1. The van der Waals surface area contributed by atoms with Crippen LogP contribution in [0.2, 0.25) is 0 Å². The van der Waals surface area contributed by atoms with Crippen LogP contribution in [0.15, 0.2) is 60.2 Å². The van der Waals surface area contributed by atoms with Crippen molar-refractivity contribution in [2.24, 2.45) is 0 Å². The number of aryl methyl sites for hydroxylation is 1. The van der Waals surface area contributed by atoms with Crippen LogP contribution in [0, 0.1) is 18.3 Å². The fourth-order valence-electron chi connectivity index (χ4n) is 2.08. The van der Waals surface area contributed by atoms with Crippen molar-refractivity contribution in [1.82, 2.24) is 5.32 Å². The van der Waals surface area contributed by atoms with Gasteiger partial charge in [0.15, 0.2) is 0 Å². The van der Waals surface area contributed by atoms with E-state index in [1.54, 1.807) is 6.08 Å². The summed E-state index contributed by atoms with van der Waals surface area (Å²) in [6.45, 7) is 3.89. The average molecular weight is 290 g/mol. The third-order valence-electron chi connectivity index (χ3n) is 3.40. The number of hydrogen-bond acceptors (Lipinski definition) is 2. The Kier molecular flexibility index (Phi) is 5.11. The average Bonchev–Trinajstić information content (AvgIpc) is 2.55. The highest BCUT2D eigenvalue weighted by molar-refractivity contribution is 6.01. The lowest BCUT2D eigenvalue weighted by Gasteiger charge is -2.13. The fraction of sp³-hybridized carbons (Fsp3) is 0.158. The maximum atomic E-state index is 12.2. The summed E-state index contributed by atoms with van der Waals surface area (Å²) in [5, 5.41) is 12.1. The quantitative estimate of drug-likeness (QED) is 0.688. The Labute approximate surface area is 130 Å². The molecule has 22 heavy (non-hydrogen) atoms. The van der Waals surface area contributed by atoms with Gasteiger partial charge in [0.05, 0.1) is 6.04 Å². The standard InChI is InChI=1S/C19H18N2O/c1-14-8-10-16(11-9-14)12-18(13-20)19(22)21-15(2)17-6-4-3-5-7-17/h3-12,15H,1-2H3,(H,21,22)/b18-12+/t15-/m0/s1. The summed E-state index contributed by atoms with van der Waals surface area (Å²) in [4.78, 5) is 12.2. The van der Waals surface area contributed by atoms with Crippen LogP contribution in [0.1, 0.15) is 29.7 Å². The van der Waals surface area contributed by atoms with E-state index in [1.165, 1.54) is 0 Å². The number of nitrogens with zero attached hydrogens (tertiary/aromatic N) is 1. The van der Waals surface area contributed by atoms with Crippen LogP contribution < -0.4 is 5.32 Å². The van der Waals surface area contributed by atoms with Crippen LogP contribution in [-0.4, -0.2) is 5.91 Å². The van der Waals surface area contributed by atoms with Gasteiger partial charge >= 0.3 is 0 Å². The molecular weight excluding hydrogens is 272 g/mol. The second kappa shape index (κ2) is 7.24. The highest BCUT2D eigenvalue weighted by Gasteiger charge is 2.13. The van der Waals surface area contributed by atoms with E-state index in [-0.39, 0.29) is 17.5 Å². The molecule has 0 aromatic heterocycles. The number of amides is 1. The Bertz CT molecular complexity index is 709. The molecule has 0 bridgehead atoms. The molecule has 0 unspecified atom stereocenters. The lowest BCUT2D eigenvalue weighted by molar-refractivity contribution is -0.117. The first-order valence-corrected chi connectivity index (χ1v) is 7.14. The number of carbonyl (C=O) groups excluding carboxylic acids is 1. The van der Waals surface area contributed by atoms with Gasteiger partial charge in [-0.05, 0) is 31.1 Å². The summed E-state index contributed by atoms with van der Waals surface area (Å²) in [5.41, 5.74) is 3.08. The molecule has 3 nitrogen and oxygen atoms in total. The van der Waals surface area contributed by atoms with Gasteiger partial charge in [0.25, 0.3) is 5.91 Å². The van der Waals surface area contributed by atoms with Gasteiger partial charge in [-0.1, -0.05) is 60.2 Å². The highest BCUT2D eigenvalue weighted by Crippen LogP contribution is 2.13. The molecule has 1 amide bonds. The molecule has 1 N–H and O–H groups in total. The molecule has 0 aliphatic rings. The Morgan fingerprint density at radius 3 is 2.36 bits per heavy atom. The number of carbonyl (C=O) groups is 1. The molecule has 1 atom stereocenters. The van der Waals surface area contributed by atoms with Crippen LogP contribution in [0.3, 0.4) is 0 Å². The number of hydrogen-bond donors (Lipinski definition) is 1. The molecule has 0 radical (unpaired) electrons. The van der Waals surface area contributed by atoms with Gasteiger partial charge in [0.2, 0.25) is 0 Å². The zero-order chi connectivity index (χ0) is 15.9. The summed E-state index contributed by atoms with van der Waals surface area (Å²) >= 11 is 0. The van der Waals surface area contributed by atoms with Gasteiger partial charge in [-0.25, -0.2) is 0 Å². The molecule has 0 saturated carbocycles. The Morgan fingerprint density at radius 2 is 1.77 bits per heavy atom. The fourth-order valence-corrected chi connectivity index (χ4v) is 2.08. The molecular formula is C19H18N2O. The van der Waals surface area contributed by atoms with Gasteiger partial charge in [-0.15, -0.1) is 0 Å². The van der Waals surface area contributed by atoms with E-state index in [0.29, 0.717) is 0 Å². The summed E-state index contributed by atoms with van der Waals surface area (Å²) in [6.07, 6.45) is 1.60. The van der Waals surface area contributed by atoms with Crippen LogP contribution in [-0.2, 0) is 4.79 Å². The normalized spacial score (nSPS) is 12.3. The first kappa shape index (κ1) is 15.5. The number of nitriles is 1. The van der Waals surface area contributed by atoms with Crippen molar-refractivity contribution in [3.8, 4) is 6.07 Å². The van der Waals surface area contributed by atoms with E-state index >= 15 is 0 Å². The molecule has 2 aromatic carbocycles. The van der Waals surface area contributed by atoms with Crippen molar-refractivity contribution in [2.75, 3.05) is 0 Å². The van der Waals surface area contributed by atoms with Crippen molar-refractivity contribution >= 4 is 12.0 Å². The zero-order valence-electron chi connectivity index (χ0n) is 12.7. The van der Waals surface area contributed by atoms with E-state index in [4.69, 9.17) is 0 Å². The van der Waals surface area contributed by atoms with Crippen molar-refractivity contribution < 1.29 is 4.79 Å². The van der Waals surface area contributed by atoms with Crippen molar-refractivity contribution in [3.05, 3.63) is 76.9 Å². The third kappa shape index (κ3) is 4.07. The van der Waals surface area contributed by atoms with Crippen LogP contribution in [0.5, 0.6) is 0 Å². The van der Waals surface area contributed by atoms with E-state index < -0.39 is 0 Å². The molecule has 0 spiro atoms. The molecule has 2 rings (SSSR count). The van der Waals surface area contributed by atoms with Crippen molar-refractivity contribution in [2.45, 2.75) is 19.9 Å².